The number of halogens is 1. The molecule has 0 heterocycles. The van der Waals surface area contributed by atoms with E-state index in [1.54, 1.807) is 6.92 Å². The molecule has 0 saturated heterocycles. The molecule has 1 aliphatic carbocycles. The van der Waals surface area contributed by atoms with E-state index in [9.17, 15) is 4.79 Å². The van der Waals surface area contributed by atoms with Gasteiger partial charge in [-0.3, -0.25) is 4.79 Å². The third kappa shape index (κ3) is 3.16. The van der Waals surface area contributed by atoms with Gasteiger partial charge in [0, 0.05) is 0 Å². The first-order chi connectivity index (χ1) is 6.27. The largest absolute Gasteiger partial charge is 0.465 e. The molecule has 0 bridgehead atoms. The minimum atomic E-state index is -0.327. The molecule has 0 aromatic heterocycles. The second-order valence-corrected chi connectivity index (χ2v) is 3.66. The van der Waals surface area contributed by atoms with Gasteiger partial charge in [0.2, 0.25) is 0 Å². The molecule has 0 amide bonds. The van der Waals surface area contributed by atoms with E-state index < -0.39 is 0 Å². The Morgan fingerprint density at radius 3 is 2.77 bits per heavy atom. The Hall–Kier alpha value is -0.280. The summed E-state index contributed by atoms with van der Waals surface area (Å²) in [7, 11) is 0. The van der Waals surface area contributed by atoms with Crippen molar-refractivity contribution in [3.63, 3.8) is 0 Å². The molecule has 1 rings (SSSR count). The van der Waals surface area contributed by atoms with Crippen LogP contribution in [0.3, 0.4) is 0 Å². The predicted octanol–water partition coefficient (Wildman–Crippen LogP) is 1.85. The van der Waals surface area contributed by atoms with Gasteiger partial charge in [-0.1, -0.05) is 19.3 Å². The first kappa shape index (κ1) is 10.8. The normalized spacial score (nSPS) is 19.2. The molecule has 1 unspecified atom stereocenters. The molecule has 0 aromatic carbocycles. The highest BCUT2D eigenvalue weighted by Crippen LogP contribution is 2.30. The third-order valence-electron chi connectivity index (χ3n) is 2.50. The van der Waals surface area contributed by atoms with Crippen LogP contribution in [0.4, 0.5) is 0 Å². The van der Waals surface area contributed by atoms with Gasteiger partial charge in [-0.15, -0.1) is 0 Å². The molecule has 1 atom stereocenters. The zero-order valence-corrected chi connectivity index (χ0v) is 8.64. The van der Waals surface area contributed by atoms with Crippen LogP contribution in [0.15, 0.2) is 0 Å². The van der Waals surface area contributed by atoms with Crippen LogP contribution in [0.1, 0.15) is 32.6 Å². The van der Waals surface area contributed by atoms with Crippen molar-refractivity contribution in [2.45, 2.75) is 38.6 Å². The van der Waals surface area contributed by atoms with Gasteiger partial charge in [0.1, 0.15) is 6.04 Å². The Balaban J connectivity index is 2.27. The molecule has 0 aliphatic heterocycles. The Morgan fingerprint density at radius 2 is 2.38 bits per heavy atom. The maximum absolute atomic E-state index is 11.3. The first-order valence-corrected chi connectivity index (χ1v) is 5.18. The van der Waals surface area contributed by atoms with Crippen molar-refractivity contribution in [2.75, 3.05) is 6.61 Å². The van der Waals surface area contributed by atoms with E-state index in [1.807, 2.05) is 0 Å². The van der Waals surface area contributed by atoms with Crippen LogP contribution in [-0.2, 0) is 9.53 Å². The highest BCUT2D eigenvalue weighted by molar-refractivity contribution is 6.14. The van der Waals surface area contributed by atoms with E-state index in [4.69, 9.17) is 16.5 Å². The second-order valence-electron chi connectivity index (χ2n) is 3.45. The predicted molar refractivity (Wildman–Crippen MR) is 51.4 cm³/mol. The van der Waals surface area contributed by atoms with Crippen LogP contribution in [0.5, 0.6) is 0 Å². The highest BCUT2D eigenvalue weighted by Gasteiger charge is 2.26. The van der Waals surface area contributed by atoms with Crippen LogP contribution < -0.4 is 4.84 Å². The molecule has 1 saturated carbocycles. The Bertz CT molecular complexity index is 171. The number of carbonyl (C=O) groups is 1. The summed E-state index contributed by atoms with van der Waals surface area (Å²) < 4.78 is 4.88. The van der Waals surface area contributed by atoms with Gasteiger partial charge in [-0.25, -0.2) is 4.84 Å². The molecule has 0 aromatic rings. The molecule has 0 radical (unpaired) electrons. The summed E-state index contributed by atoms with van der Waals surface area (Å²) in [6.07, 6.45) is 4.52. The second kappa shape index (κ2) is 5.45. The van der Waals surface area contributed by atoms with E-state index in [0.29, 0.717) is 12.5 Å². The molecular formula is C9H16ClNO2. The fourth-order valence-electron chi connectivity index (χ4n) is 1.49. The average Bonchev–Trinajstić information content (AvgIpc) is 2.03. The molecule has 1 N–H and O–H groups in total. The molecule has 76 valence electrons. The van der Waals surface area contributed by atoms with Crippen molar-refractivity contribution in [3.05, 3.63) is 0 Å². The zero-order chi connectivity index (χ0) is 9.68. The maximum Gasteiger partial charge on any atom is 0.324 e. The van der Waals surface area contributed by atoms with Gasteiger partial charge in [0.05, 0.1) is 6.61 Å². The lowest BCUT2D eigenvalue weighted by atomic mass is 9.81. The van der Waals surface area contributed by atoms with Crippen molar-refractivity contribution >= 4 is 17.7 Å². The minimum absolute atomic E-state index is 0.232. The Morgan fingerprint density at radius 1 is 1.69 bits per heavy atom. The van der Waals surface area contributed by atoms with Crippen LogP contribution >= 0.6 is 11.8 Å². The number of hydrogen-bond acceptors (Lipinski definition) is 3. The van der Waals surface area contributed by atoms with Gasteiger partial charge in [0.15, 0.2) is 0 Å². The number of carbonyl (C=O) groups excluding carboxylic acids is 1. The number of nitrogens with one attached hydrogen (secondary N) is 1. The van der Waals surface area contributed by atoms with Crippen molar-refractivity contribution in [3.8, 4) is 0 Å². The summed E-state index contributed by atoms with van der Waals surface area (Å²) in [4.78, 5) is 13.8. The third-order valence-corrected chi connectivity index (χ3v) is 2.76. The Labute approximate surface area is 83.9 Å². The lowest BCUT2D eigenvalue weighted by Gasteiger charge is -2.27. The maximum atomic E-state index is 11.3. The van der Waals surface area contributed by atoms with Gasteiger partial charge in [-0.2, -0.15) is 0 Å². The number of rotatable bonds is 5. The van der Waals surface area contributed by atoms with Crippen molar-refractivity contribution in [1.29, 1.82) is 0 Å². The summed E-state index contributed by atoms with van der Waals surface area (Å²) in [5, 5.41) is 0. The number of ether oxygens (including phenoxy) is 1. The van der Waals surface area contributed by atoms with Crippen LogP contribution in [-0.4, -0.2) is 18.6 Å². The van der Waals surface area contributed by atoms with E-state index in [-0.39, 0.29) is 12.0 Å². The van der Waals surface area contributed by atoms with Crippen molar-refractivity contribution in [2.24, 2.45) is 5.92 Å². The zero-order valence-electron chi connectivity index (χ0n) is 7.88. The molecule has 4 heteroatoms. The van der Waals surface area contributed by atoms with Crippen molar-refractivity contribution in [1.82, 2.24) is 4.84 Å². The first-order valence-electron chi connectivity index (χ1n) is 4.80. The standard InChI is InChI=1S/C9H16ClNO2/c1-2-13-9(12)8(11-10)6-7-4-3-5-7/h7-8,11H,2-6H2,1H3. The van der Waals surface area contributed by atoms with E-state index >= 15 is 0 Å². The monoisotopic (exact) mass is 205 g/mol. The van der Waals surface area contributed by atoms with Gasteiger partial charge < -0.3 is 4.74 Å². The SMILES string of the molecule is CCOC(=O)C(CC1CCC1)NCl. The van der Waals surface area contributed by atoms with Gasteiger partial charge >= 0.3 is 5.97 Å². The highest BCUT2D eigenvalue weighted by atomic mass is 35.5. The fraction of sp³-hybridized carbons (Fsp3) is 0.889. The average molecular weight is 206 g/mol. The molecule has 3 nitrogen and oxygen atoms in total. The molecule has 1 aliphatic rings. The van der Waals surface area contributed by atoms with E-state index in [2.05, 4.69) is 4.84 Å². The van der Waals surface area contributed by atoms with Gasteiger partial charge in [0.25, 0.3) is 0 Å². The lowest BCUT2D eigenvalue weighted by molar-refractivity contribution is -0.145. The lowest BCUT2D eigenvalue weighted by Crippen LogP contribution is -2.36. The molecular weight excluding hydrogens is 190 g/mol. The topological polar surface area (TPSA) is 38.3 Å². The van der Waals surface area contributed by atoms with Gasteiger partial charge in [-0.05, 0) is 31.0 Å². The summed E-state index contributed by atoms with van der Waals surface area (Å²) in [5.74, 6) is 0.421. The molecule has 0 spiro atoms. The molecule has 13 heavy (non-hydrogen) atoms. The van der Waals surface area contributed by atoms with E-state index in [1.165, 1.54) is 19.3 Å². The van der Waals surface area contributed by atoms with Crippen LogP contribution in [0.2, 0.25) is 0 Å². The van der Waals surface area contributed by atoms with Crippen LogP contribution in [0, 0.1) is 5.92 Å². The van der Waals surface area contributed by atoms with E-state index in [0.717, 1.165) is 6.42 Å². The molecule has 1 fully saturated rings. The number of esters is 1. The summed E-state index contributed by atoms with van der Waals surface area (Å²) in [6, 6.07) is -0.327. The summed E-state index contributed by atoms with van der Waals surface area (Å²) in [6.45, 7) is 2.21. The minimum Gasteiger partial charge on any atom is -0.465 e. The number of hydrogen-bond donors (Lipinski definition) is 1. The smallest absolute Gasteiger partial charge is 0.324 e. The van der Waals surface area contributed by atoms with Crippen LogP contribution in [0.25, 0.3) is 0 Å². The summed E-state index contributed by atoms with van der Waals surface area (Å²) >= 11 is 5.47. The Kier molecular flexibility index (Phi) is 4.53. The fourth-order valence-corrected chi connectivity index (χ4v) is 1.67. The quantitative estimate of drug-likeness (QED) is 0.550. The summed E-state index contributed by atoms with van der Waals surface area (Å²) in [5.41, 5.74) is 0. The van der Waals surface area contributed by atoms with Crippen molar-refractivity contribution < 1.29 is 9.53 Å².